The third-order valence-corrected chi connectivity index (χ3v) is 6.63. The third-order valence-electron chi connectivity index (χ3n) is 4.51. The van der Waals surface area contributed by atoms with Gasteiger partial charge in [0.25, 0.3) is 5.91 Å². The molecule has 29 heavy (non-hydrogen) atoms. The Morgan fingerprint density at radius 1 is 1.03 bits per heavy atom. The molecule has 2 N–H and O–H groups in total. The van der Waals surface area contributed by atoms with E-state index in [0.29, 0.717) is 23.5 Å². The zero-order valence-electron chi connectivity index (χ0n) is 16.8. The molecule has 1 amide bonds. The van der Waals surface area contributed by atoms with Crippen molar-refractivity contribution >= 4 is 27.3 Å². The number of anilines is 2. The maximum atomic E-state index is 12.4. The standard InChI is InChI=1S/C21H26N2O5S/c1-21(2,3)29(25,26)23-17-6-4-15(5-7-17)20(24)22-16-8-10-18(11-9-16)28-19-12-13-27-14-19/h4-11,19,23H,12-14H2,1-3H3,(H,22,24). The van der Waals surface area contributed by atoms with Crippen LogP contribution in [0.1, 0.15) is 37.6 Å². The van der Waals surface area contributed by atoms with Gasteiger partial charge in [0.2, 0.25) is 10.0 Å². The first-order chi connectivity index (χ1) is 13.6. The number of amides is 1. The molecule has 1 unspecified atom stereocenters. The Bertz CT molecular complexity index is 942. The van der Waals surface area contributed by atoms with E-state index in [1.54, 1.807) is 69.3 Å². The largest absolute Gasteiger partial charge is 0.488 e. The number of rotatable bonds is 6. The van der Waals surface area contributed by atoms with Gasteiger partial charge in [-0.2, -0.15) is 0 Å². The highest BCUT2D eigenvalue weighted by molar-refractivity contribution is 7.94. The van der Waals surface area contributed by atoms with E-state index in [0.717, 1.165) is 18.8 Å². The van der Waals surface area contributed by atoms with Gasteiger partial charge in [0.15, 0.2) is 0 Å². The van der Waals surface area contributed by atoms with Crippen molar-refractivity contribution in [3.63, 3.8) is 0 Å². The Morgan fingerprint density at radius 2 is 1.66 bits per heavy atom. The first-order valence-corrected chi connectivity index (χ1v) is 10.9. The van der Waals surface area contributed by atoms with Crippen molar-refractivity contribution < 1.29 is 22.7 Å². The van der Waals surface area contributed by atoms with Gasteiger partial charge in [-0.15, -0.1) is 0 Å². The van der Waals surface area contributed by atoms with Crippen LogP contribution in [0.3, 0.4) is 0 Å². The predicted molar refractivity (Wildman–Crippen MR) is 113 cm³/mol. The van der Waals surface area contributed by atoms with Crippen molar-refractivity contribution in [2.75, 3.05) is 23.3 Å². The number of carbonyl (C=O) groups is 1. The summed E-state index contributed by atoms with van der Waals surface area (Å²) in [7, 11) is -3.52. The van der Waals surface area contributed by atoms with Gasteiger partial charge in [0, 0.05) is 23.4 Å². The van der Waals surface area contributed by atoms with Crippen molar-refractivity contribution in [2.45, 2.75) is 38.0 Å². The molecular formula is C21H26N2O5S. The fraction of sp³-hybridized carbons (Fsp3) is 0.381. The summed E-state index contributed by atoms with van der Waals surface area (Å²) in [5.41, 5.74) is 1.48. The summed E-state index contributed by atoms with van der Waals surface area (Å²) in [6, 6.07) is 13.4. The summed E-state index contributed by atoms with van der Waals surface area (Å²) in [6.45, 7) is 6.18. The molecule has 156 valence electrons. The molecular weight excluding hydrogens is 392 g/mol. The fourth-order valence-corrected chi connectivity index (χ4v) is 3.37. The molecule has 2 aromatic rings. The summed E-state index contributed by atoms with van der Waals surface area (Å²) in [6.07, 6.45) is 0.949. The zero-order chi connectivity index (χ0) is 21.1. The molecule has 7 nitrogen and oxygen atoms in total. The van der Waals surface area contributed by atoms with Crippen LogP contribution in [0, 0.1) is 0 Å². The first kappa shape index (κ1) is 21.1. The molecule has 3 rings (SSSR count). The second-order valence-electron chi connectivity index (χ2n) is 7.88. The molecule has 1 heterocycles. The van der Waals surface area contributed by atoms with Gasteiger partial charge in [-0.1, -0.05) is 0 Å². The minimum absolute atomic E-state index is 0.0738. The Morgan fingerprint density at radius 3 is 2.21 bits per heavy atom. The Labute approximate surface area is 171 Å². The van der Waals surface area contributed by atoms with Gasteiger partial charge in [-0.05, 0) is 69.3 Å². The second-order valence-corrected chi connectivity index (χ2v) is 10.3. The highest BCUT2D eigenvalue weighted by atomic mass is 32.2. The molecule has 0 aliphatic carbocycles. The van der Waals surface area contributed by atoms with Crippen molar-refractivity contribution in [2.24, 2.45) is 0 Å². The molecule has 0 saturated carbocycles. The lowest BCUT2D eigenvalue weighted by molar-refractivity contribution is 0.102. The topological polar surface area (TPSA) is 93.7 Å². The second kappa shape index (κ2) is 8.42. The lowest BCUT2D eigenvalue weighted by Gasteiger charge is -2.20. The Balaban J connectivity index is 1.59. The van der Waals surface area contributed by atoms with Crippen molar-refractivity contribution in [1.82, 2.24) is 0 Å². The van der Waals surface area contributed by atoms with Crippen LogP contribution in [0.4, 0.5) is 11.4 Å². The van der Waals surface area contributed by atoms with Gasteiger partial charge in [0.1, 0.15) is 11.9 Å². The normalized spacial score (nSPS) is 17.0. The molecule has 1 aliphatic heterocycles. The van der Waals surface area contributed by atoms with Crippen LogP contribution in [0.5, 0.6) is 5.75 Å². The van der Waals surface area contributed by atoms with Crippen LogP contribution in [0.25, 0.3) is 0 Å². The average Bonchev–Trinajstić information content (AvgIpc) is 3.16. The van der Waals surface area contributed by atoms with Crippen molar-refractivity contribution in [1.29, 1.82) is 0 Å². The molecule has 1 fully saturated rings. The number of nitrogens with one attached hydrogen (secondary N) is 2. The summed E-state index contributed by atoms with van der Waals surface area (Å²) in [4.78, 5) is 12.4. The first-order valence-electron chi connectivity index (χ1n) is 9.42. The van der Waals surface area contributed by atoms with Crippen LogP contribution in [0.15, 0.2) is 48.5 Å². The quantitative estimate of drug-likeness (QED) is 0.747. The van der Waals surface area contributed by atoms with E-state index in [4.69, 9.17) is 9.47 Å². The van der Waals surface area contributed by atoms with Gasteiger partial charge in [-0.25, -0.2) is 8.42 Å². The van der Waals surface area contributed by atoms with Crippen molar-refractivity contribution in [3.05, 3.63) is 54.1 Å². The number of carbonyl (C=O) groups excluding carboxylic acids is 1. The molecule has 0 spiro atoms. The highest BCUT2D eigenvalue weighted by Gasteiger charge is 2.28. The molecule has 1 saturated heterocycles. The lowest BCUT2D eigenvalue weighted by atomic mass is 10.2. The molecule has 1 atom stereocenters. The Kier molecular flexibility index (Phi) is 6.14. The zero-order valence-corrected chi connectivity index (χ0v) is 17.6. The van der Waals surface area contributed by atoms with Gasteiger partial charge >= 0.3 is 0 Å². The number of hydrogen-bond acceptors (Lipinski definition) is 5. The number of ether oxygens (including phenoxy) is 2. The van der Waals surface area contributed by atoms with Crippen molar-refractivity contribution in [3.8, 4) is 5.75 Å². The van der Waals surface area contributed by atoms with Crippen LogP contribution in [0.2, 0.25) is 0 Å². The summed E-state index contributed by atoms with van der Waals surface area (Å²) in [5, 5.41) is 2.81. The maximum Gasteiger partial charge on any atom is 0.255 e. The van der Waals surface area contributed by atoms with E-state index in [9.17, 15) is 13.2 Å². The van der Waals surface area contributed by atoms with Gasteiger partial charge in [-0.3, -0.25) is 9.52 Å². The average molecular weight is 419 g/mol. The third kappa shape index (κ3) is 5.48. The Hall–Kier alpha value is -2.58. The van der Waals surface area contributed by atoms with Crippen LogP contribution >= 0.6 is 0 Å². The number of hydrogen-bond donors (Lipinski definition) is 2. The van der Waals surface area contributed by atoms with E-state index >= 15 is 0 Å². The SMILES string of the molecule is CC(C)(C)S(=O)(=O)Nc1ccc(C(=O)Nc2ccc(OC3CCOC3)cc2)cc1. The molecule has 2 aromatic carbocycles. The van der Waals surface area contributed by atoms with E-state index in [1.165, 1.54) is 0 Å². The molecule has 8 heteroatoms. The number of sulfonamides is 1. The fourth-order valence-electron chi connectivity index (χ4n) is 2.62. The monoisotopic (exact) mass is 418 g/mol. The summed E-state index contributed by atoms with van der Waals surface area (Å²) in [5.74, 6) is 0.446. The van der Waals surface area contributed by atoms with E-state index in [2.05, 4.69) is 10.0 Å². The summed E-state index contributed by atoms with van der Waals surface area (Å²) < 4.78 is 37.1. The van der Waals surface area contributed by atoms with Crippen LogP contribution < -0.4 is 14.8 Å². The molecule has 1 aliphatic rings. The molecule has 0 bridgehead atoms. The molecule has 0 radical (unpaired) electrons. The molecule has 0 aromatic heterocycles. The van der Waals surface area contributed by atoms with E-state index in [-0.39, 0.29) is 12.0 Å². The predicted octanol–water partition coefficient (Wildman–Crippen LogP) is 3.65. The van der Waals surface area contributed by atoms with Gasteiger partial charge in [0.05, 0.1) is 18.0 Å². The highest BCUT2D eigenvalue weighted by Crippen LogP contribution is 2.22. The minimum atomic E-state index is -3.52. The summed E-state index contributed by atoms with van der Waals surface area (Å²) >= 11 is 0. The van der Waals surface area contributed by atoms with Crippen LogP contribution in [-0.4, -0.2) is 38.4 Å². The smallest absolute Gasteiger partial charge is 0.255 e. The van der Waals surface area contributed by atoms with E-state index < -0.39 is 14.8 Å². The van der Waals surface area contributed by atoms with E-state index in [1.807, 2.05) is 0 Å². The van der Waals surface area contributed by atoms with Gasteiger partial charge < -0.3 is 14.8 Å². The van der Waals surface area contributed by atoms with Crippen LogP contribution in [-0.2, 0) is 14.8 Å². The number of benzene rings is 2. The minimum Gasteiger partial charge on any atom is -0.488 e. The lowest BCUT2D eigenvalue weighted by Crippen LogP contribution is -2.33. The maximum absolute atomic E-state index is 12.4.